The van der Waals surface area contributed by atoms with Crippen molar-refractivity contribution >= 4 is 17.2 Å². The number of aryl methyl sites for hydroxylation is 1. The zero-order chi connectivity index (χ0) is 23.3. The van der Waals surface area contributed by atoms with E-state index in [0.29, 0.717) is 33.8 Å². The second-order valence-corrected chi connectivity index (χ2v) is 7.94. The zero-order valence-electron chi connectivity index (χ0n) is 17.5. The molecule has 4 aromatic rings. The van der Waals surface area contributed by atoms with E-state index in [9.17, 15) is 23.7 Å². The van der Waals surface area contributed by atoms with Gasteiger partial charge in [0.2, 0.25) is 0 Å². The number of nitro groups is 1. The van der Waals surface area contributed by atoms with Gasteiger partial charge in [-0.3, -0.25) is 4.79 Å². The number of anilines is 1. The minimum absolute atomic E-state index is 0.128. The third kappa shape index (κ3) is 3.51. The van der Waals surface area contributed by atoms with Crippen LogP contribution in [0.5, 0.6) is 0 Å². The molecule has 168 valence electrons. The number of halogens is 2. The Kier molecular flexibility index (Phi) is 4.69. The van der Waals surface area contributed by atoms with Crippen LogP contribution in [0, 0.1) is 17.0 Å². The topological polar surface area (TPSA) is 109 Å². The molecule has 11 heteroatoms. The molecule has 1 aromatic carbocycles. The molecule has 1 saturated heterocycles. The van der Waals surface area contributed by atoms with Crippen LogP contribution >= 0.6 is 0 Å². The van der Waals surface area contributed by atoms with Gasteiger partial charge in [0, 0.05) is 35.9 Å². The SMILES string of the molecule is Cc1[nH]c2c(N3CCC(F)(F)C3)c(-c3ccccc3)nn2c(=O)c1-c1ccc([N+](=O)[O-])nc1. The van der Waals surface area contributed by atoms with Gasteiger partial charge >= 0.3 is 5.82 Å². The molecule has 3 aromatic heterocycles. The lowest BCUT2D eigenvalue weighted by Gasteiger charge is -2.18. The smallest absolute Gasteiger partial charge is 0.360 e. The standard InChI is InChI=1S/C22H18F2N6O3/c1-13-17(15-7-8-16(25-11-15)30(32)33)21(31)29-20(26-13)19(28-10-9-22(23,24)12-28)18(27-29)14-5-3-2-4-6-14/h2-8,11,26H,9-10,12H2,1H3. The average molecular weight is 452 g/mol. The Balaban J connectivity index is 1.74. The maximum Gasteiger partial charge on any atom is 0.363 e. The fourth-order valence-corrected chi connectivity index (χ4v) is 4.17. The van der Waals surface area contributed by atoms with Crippen molar-refractivity contribution in [2.45, 2.75) is 19.3 Å². The minimum atomic E-state index is -2.83. The van der Waals surface area contributed by atoms with E-state index in [1.165, 1.54) is 18.3 Å². The molecule has 0 radical (unpaired) electrons. The van der Waals surface area contributed by atoms with Gasteiger partial charge in [0.15, 0.2) is 5.65 Å². The summed E-state index contributed by atoms with van der Waals surface area (Å²) in [5.41, 5.74) is 2.47. The summed E-state index contributed by atoms with van der Waals surface area (Å²) >= 11 is 0. The number of fused-ring (bicyclic) bond motifs is 1. The first kappa shape index (κ1) is 20.7. The van der Waals surface area contributed by atoms with Gasteiger partial charge in [-0.1, -0.05) is 30.3 Å². The number of H-pyrrole nitrogens is 1. The Labute approximate surface area is 185 Å². The molecule has 0 bridgehead atoms. The Morgan fingerprint density at radius 3 is 2.52 bits per heavy atom. The lowest BCUT2D eigenvalue weighted by molar-refractivity contribution is -0.389. The number of rotatable bonds is 4. The molecule has 9 nitrogen and oxygen atoms in total. The van der Waals surface area contributed by atoms with Crippen molar-refractivity contribution in [1.29, 1.82) is 0 Å². The quantitative estimate of drug-likeness (QED) is 0.373. The van der Waals surface area contributed by atoms with E-state index in [1.54, 1.807) is 24.0 Å². The van der Waals surface area contributed by atoms with Gasteiger partial charge in [0.05, 0.1) is 12.1 Å². The predicted octanol–water partition coefficient (Wildman–Crippen LogP) is 3.81. The van der Waals surface area contributed by atoms with E-state index in [4.69, 9.17) is 0 Å². The number of hydrogen-bond donors (Lipinski definition) is 1. The molecule has 0 saturated carbocycles. The van der Waals surface area contributed by atoms with Gasteiger partial charge in [-0.05, 0) is 22.9 Å². The van der Waals surface area contributed by atoms with Crippen LogP contribution in [0.3, 0.4) is 0 Å². The Morgan fingerprint density at radius 2 is 1.91 bits per heavy atom. The minimum Gasteiger partial charge on any atom is -0.360 e. The van der Waals surface area contributed by atoms with Crippen molar-refractivity contribution in [3.63, 3.8) is 0 Å². The summed E-state index contributed by atoms with van der Waals surface area (Å²) < 4.78 is 29.3. The molecule has 4 heterocycles. The summed E-state index contributed by atoms with van der Waals surface area (Å²) in [6, 6.07) is 11.7. The molecule has 5 rings (SSSR count). The van der Waals surface area contributed by atoms with Crippen LogP contribution in [0.25, 0.3) is 28.0 Å². The maximum absolute atomic E-state index is 14.1. The fourth-order valence-electron chi connectivity index (χ4n) is 4.17. The second-order valence-electron chi connectivity index (χ2n) is 7.94. The highest BCUT2D eigenvalue weighted by atomic mass is 19.3. The number of nitrogens with zero attached hydrogens (tertiary/aromatic N) is 5. The number of aromatic nitrogens is 4. The molecule has 0 spiro atoms. The number of nitrogens with one attached hydrogen (secondary N) is 1. The summed E-state index contributed by atoms with van der Waals surface area (Å²) in [7, 11) is 0. The number of pyridine rings is 1. The molecule has 1 aliphatic rings. The largest absolute Gasteiger partial charge is 0.363 e. The Morgan fingerprint density at radius 1 is 1.15 bits per heavy atom. The van der Waals surface area contributed by atoms with E-state index in [2.05, 4.69) is 15.1 Å². The van der Waals surface area contributed by atoms with E-state index in [0.717, 1.165) is 4.52 Å². The van der Waals surface area contributed by atoms with E-state index >= 15 is 0 Å². The molecule has 1 aliphatic heterocycles. The van der Waals surface area contributed by atoms with Gasteiger partial charge in [-0.2, -0.15) is 9.61 Å². The molecule has 0 atom stereocenters. The van der Waals surface area contributed by atoms with Crippen molar-refractivity contribution in [2.75, 3.05) is 18.0 Å². The van der Waals surface area contributed by atoms with Gasteiger partial charge in [-0.15, -0.1) is 0 Å². The second kappa shape index (κ2) is 7.47. The lowest BCUT2D eigenvalue weighted by atomic mass is 10.1. The summed E-state index contributed by atoms with van der Waals surface area (Å²) in [4.78, 5) is 32.2. The first-order chi connectivity index (χ1) is 15.7. The van der Waals surface area contributed by atoms with Crippen LogP contribution in [0.4, 0.5) is 20.3 Å². The van der Waals surface area contributed by atoms with E-state index < -0.39 is 22.9 Å². The van der Waals surface area contributed by atoms with Crippen LogP contribution in [-0.4, -0.2) is 43.5 Å². The zero-order valence-corrected chi connectivity index (χ0v) is 17.5. The van der Waals surface area contributed by atoms with Crippen molar-refractivity contribution in [1.82, 2.24) is 19.6 Å². The molecule has 0 unspecified atom stereocenters. The molecular formula is C22H18F2N6O3. The van der Waals surface area contributed by atoms with Gasteiger partial charge < -0.3 is 20.0 Å². The average Bonchev–Trinajstić information content (AvgIpc) is 3.34. The van der Waals surface area contributed by atoms with Gasteiger partial charge in [0.25, 0.3) is 11.5 Å². The molecule has 0 amide bonds. The van der Waals surface area contributed by atoms with Crippen molar-refractivity contribution < 1.29 is 13.7 Å². The Hall–Kier alpha value is -4.15. The normalized spacial score (nSPS) is 15.3. The Bertz CT molecular complexity index is 1430. The lowest BCUT2D eigenvalue weighted by Crippen LogP contribution is -2.26. The third-order valence-corrected chi connectivity index (χ3v) is 5.70. The van der Waals surface area contributed by atoms with Crippen LogP contribution in [-0.2, 0) is 0 Å². The third-order valence-electron chi connectivity index (χ3n) is 5.70. The van der Waals surface area contributed by atoms with E-state index in [-0.39, 0.29) is 24.3 Å². The number of alkyl halides is 2. The molecular weight excluding hydrogens is 434 g/mol. The molecule has 0 aliphatic carbocycles. The highest BCUT2D eigenvalue weighted by Crippen LogP contribution is 2.39. The van der Waals surface area contributed by atoms with Crippen molar-refractivity contribution in [3.05, 3.63) is 74.8 Å². The first-order valence-electron chi connectivity index (χ1n) is 10.2. The number of benzene rings is 1. The highest BCUT2D eigenvalue weighted by molar-refractivity contribution is 5.87. The summed E-state index contributed by atoms with van der Waals surface area (Å²) in [6.45, 7) is 1.34. The summed E-state index contributed by atoms with van der Waals surface area (Å²) in [6.07, 6.45) is 0.972. The fraction of sp³-hybridized carbons (Fsp3) is 0.227. The summed E-state index contributed by atoms with van der Waals surface area (Å²) in [5, 5.41) is 15.4. The van der Waals surface area contributed by atoms with Gasteiger partial charge in [0.1, 0.15) is 17.6 Å². The molecule has 1 N–H and O–H groups in total. The van der Waals surface area contributed by atoms with Crippen LogP contribution in [0.15, 0.2) is 53.5 Å². The van der Waals surface area contributed by atoms with Crippen molar-refractivity contribution in [3.8, 4) is 22.4 Å². The molecule has 33 heavy (non-hydrogen) atoms. The summed E-state index contributed by atoms with van der Waals surface area (Å²) in [5.74, 6) is -3.17. The first-order valence-corrected chi connectivity index (χ1v) is 10.2. The number of aromatic amines is 1. The van der Waals surface area contributed by atoms with Crippen molar-refractivity contribution in [2.24, 2.45) is 0 Å². The van der Waals surface area contributed by atoms with Crippen LogP contribution < -0.4 is 10.5 Å². The predicted molar refractivity (Wildman–Crippen MR) is 118 cm³/mol. The van der Waals surface area contributed by atoms with E-state index in [1.807, 2.05) is 18.2 Å². The van der Waals surface area contributed by atoms with Crippen LogP contribution in [0.2, 0.25) is 0 Å². The van der Waals surface area contributed by atoms with Crippen LogP contribution in [0.1, 0.15) is 12.1 Å². The highest BCUT2D eigenvalue weighted by Gasteiger charge is 2.40. The maximum atomic E-state index is 14.1. The molecule has 1 fully saturated rings. The monoisotopic (exact) mass is 452 g/mol. The van der Waals surface area contributed by atoms with Gasteiger partial charge in [-0.25, -0.2) is 8.78 Å². The number of hydrogen-bond acceptors (Lipinski definition) is 6.